The molecule has 30 heavy (non-hydrogen) atoms. The zero-order valence-corrected chi connectivity index (χ0v) is 15.8. The van der Waals surface area contributed by atoms with E-state index >= 15 is 0 Å². The summed E-state index contributed by atoms with van der Waals surface area (Å²) < 4.78 is 61.0. The first-order chi connectivity index (χ1) is 14.2. The number of hydrogen-bond acceptors (Lipinski definition) is 3. The summed E-state index contributed by atoms with van der Waals surface area (Å²) in [5.41, 5.74) is 1.64. The number of benzene rings is 2. The summed E-state index contributed by atoms with van der Waals surface area (Å²) in [6.07, 6.45) is -0.208. The molecule has 0 bridgehead atoms. The molecule has 3 aromatic rings. The number of carbonyl (C=O) groups excluding carboxylic acids is 1. The van der Waals surface area contributed by atoms with Crippen molar-refractivity contribution >= 4 is 22.6 Å². The lowest BCUT2D eigenvalue weighted by molar-refractivity contribution is -0.134. The number of β-lactam (4-membered cyclic amide) rings is 1. The summed E-state index contributed by atoms with van der Waals surface area (Å²) in [5.74, 6) is -5.57. The SMILES string of the molecule is CC1C(=O)N(c2ccc3nc[nH]c3c2)C1c1c(F)cc(OC2CC(F)(F)C2)cc1F. The molecule has 0 spiro atoms. The van der Waals surface area contributed by atoms with Gasteiger partial charge in [-0.05, 0) is 18.2 Å². The third kappa shape index (κ3) is 2.91. The molecule has 1 aliphatic carbocycles. The van der Waals surface area contributed by atoms with Gasteiger partial charge in [-0.3, -0.25) is 4.79 Å². The Kier molecular flexibility index (Phi) is 4.06. The molecule has 1 aliphatic heterocycles. The lowest BCUT2D eigenvalue weighted by Crippen LogP contribution is -2.54. The first kappa shape index (κ1) is 18.9. The van der Waals surface area contributed by atoms with Crippen LogP contribution in [-0.4, -0.2) is 27.9 Å². The van der Waals surface area contributed by atoms with Crippen LogP contribution in [0.1, 0.15) is 31.4 Å². The number of carbonyl (C=O) groups is 1. The van der Waals surface area contributed by atoms with Gasteiger partial charge in [0.05, 0.1) is 29.3 Å². The van der Waals surface area contributed by atoms with Crippen LogP contribution in [0.5, 0.6) is 5.75 Å². The lowest BCUT2D eigenvalue weighted by Gasteiger charge is -2.46. The molecule has 1 saturated heterocycles. The Morgan fingerprint density at radius 2 is 1.87 bits per heavy atom. The highest BCUT2D eigenvalue weighted by atomic mass is 19.3. The zero-order valence-electron chi connectivity index (χ0n) is 15.8. The van der Waals surface area contributed by atoms with Gasteiger partial charge in [-0.25, -0.2) is 22.5 Å². The van der Waals surface area contributed by atoms with Gasteiger partial charge in [0.1, 0.15) is 23.5 Å². The van der Waals surface area contributed by atoms with Crippen LogP contribution in [0.25, 0.3) is 11.0 Å². The number of aromatic nitrogens is 2. The minimum absolute atomic E-state index is 0.141. The normalized spacial score (nSPS) is 23.4. The number of aromatic amines is 1. The van der Waals surface area contributed by atoms with Crippen LogP contribution in [0.4, 0.5) is 23.2 Å². The van der Waals surface area contributed by atoms with Crippen molar-refractivity contribution in [2.75, 3.05) is 4.90 Å². The van der Waals surface area contributed by atoms with Gasteiger partial charge >= 0.3 is 0 Å². The molecular formula is C21H17F4N3O2. The third-order valence-corrected chi connectivity index (χ3v) is 5.76. The van der Waals surface area contributed by atoms with E-state index in [4.69, 9.17) is 4.74 Å². The number of alkyl halides is 2. The number of nitrogens with one attached hydrogen (secondary N) is 1. The summed E-state index contributed by atoms with van der Waals surface area (Å²) >= 11 is 0. The molecule has 156 valence electrons. The van der Waals surface area contributed by atoms with E-state index < -0.39 is 48.5 Å². The van der Waals surface area contributed by atoms with Crippen LogP contribution in [-0.2, 0) is 4.79 Å². The second-order valence-corrected chi connectivity index (χ2v) is 7.85. The van der Waals surface area contributed by atoms with Crippen LogP contribution in [0.15, 0.2) is 36.7 Å². The molecule has 2 aromatic carbocycles. The van der Waals surface area contributed by atoms with Crippen molar-refractivity contribution in [2.45, 2.75) is 37.8 Å². The average molecular weight is 419 g/mol. The van der Waals surface area contributed by atoms with Crippen molar-refractivity contribution in [2.24, 2.45) is 5.92 Å². The lowest BCUT2D eigenvalue weighted by atomic mass is 9.82. The number of fused-ring (bicyclic) bond motifs is 1. The smallest absolute Gasteiger partial charge is 0.255 e. The van der Waals surface area contributed by atoms with Gasteiger partial charge in [-0.15, -0.1) is 0 Å². The Labute approximate surface area is 168 Å². The highest BCUT2D eigenvalue weighted by molar-refractivity contribution is 6.04. The summed E-state index contributed by atoms with van der Waals surface area (Å²) in [7, 11) is 0. The van der Waals surface area contributed by atoms with Gasteiger partial charge in [0.15, 0.2) is 0 Å². The first-order valence-corrected chi connectivity index (χ1v) is 9.53. The molecular weight excluding hydrogens is 402 g/mol. The number of nitrogens with zero attached hydrogens (tertiary/aromatic N) is 2. The van der Waals surface area contributed by atoms with E-state index in [0.29, 0.717) is 16.7 Å². The minimum Gasteiger partial charge on any atom is -0.490 e. The molecule has 2 unspecified atom stereocenters. The Morgan fingerprint density at radius 1 is 1.17 bits per heavy atom. The van der Waals surface area contributed by atoms with Gasteiger partial charge in [0, 0.05) is 36.2 Å². The largest absolute Gasteiger partial charge is 0.490 e. The molecule has 1 N–H and O–H groups in total. The fourth-order valence-corrected chi connectivity index (χ4v) is 4.17. The molecule has 5 rings (SSSR count). The standard InChI is InChI=1S/C21H17F4N3O2/c1-10-19(28(20(10)29)11-2-3-16-17(4-11)27-9-26-16)18-14(22)5-12(6-15(18)23)30-13-7-21(24,25)8-13/h2-6,9-10,13,19H,7-8H2,1H3,(H,26,27). The van der Waals surface area contributed by atoms with Crippen molar-refractivity contribution in [1.82, 2.24) is 9.97 Å². The summed E-state index contributed by atoms with van der Waals surface area (Å²) in [6, 6.07) is 6.22. The molecule has 0 radical (unpaired) electrons. The quantitative estimate of drug-likeness (QED) is 0.491. The summed E-state index contributed by atoms with van der Waals surface area (Å²) in [6.45, 7) is 1.61. The monoisotopic (exact) mass is 419 g/mol. The van der Waals surface area contributed by atoms with Gasteiger partial charge in [-0.1, -0.05) is 6.92 Å². The minimum atomic E-state index is -2.79. The maximum atomic E-state index is 14.9. The predicted octanol–water partition coefficient (Wildman–Crippen LogP) is 4.74. The molecule has 1 aromatic heterocycles. The van der Waals surface area contributed by atoms with E-state index in [1.165, 1.54) is 11.2 Å². The number of amides is 1. The van der Waals surface area contributed by atoms with Crippen LogP contribution in [0.3, 0.4) is 0 Å². The Bertz CT molecular complexity index is 1130. The zero-order chi connectivity index (χ0) is 21.2. The van der Waals surface area contributed by atoms with Crippen molar-refractivity contribution in [3.63, 3.8) is 0 Å². The van der Waals surface area contributed by atoms with Gasteiger partial charge in [-0.2, -0.15) is 0 Å². The van der Waals surface area contributed by atoms with Gasteiger partial charge in [0.2, 0.25) is 5.91 Å². The Morgan fingerprint density at radius 3 is 2.53 bits per heavy atom. The summed E-state index contributed by atoms with van der Waals surface area (Å²) in [4.78, 5) is 20.9. The number of halogens is 4. The van der Waals surface area contributed by atoms with Crippen molar-refractivity contribution in [1.29, 1.82) is 0 Å². The third-order valence-electron chi connectivity index (χ3n) is 5.76. The molecule has 9 heteroatoms. The Hall–Kier alpha value is -3.10. The number of ether oxygens (including phenoxy) is 1. The molecule has 2 heterocycles. The molecule has 5 nitrogen and oxygen atoms in total. The number of imidazole rings is 1. The first-order valence-electron chi connectivity index (χ1n) is 9.53. The van der Waals surface area contributed by atoms with Crippen molar-refractivity contribution in [3.8, 4) is 5.75 Å². The second-order valence-electron chi connectivity index (χ2n) is 7.85. The average Bonchev–Trinajstić information content (AvgIpc) is 3.12. The van der Waals surface area contributed by atoms with Crippen LogP contribution in [0.2, 0.25) is 0 Å². The molecule has 2 aliphatic rings. The van der Waals surface area contributed by atoms with Crippen molar-refractivity contribution < 1.29 is 27.1 Å². The summed E-state index contributed by atoms with van der Waals surface area (Å²) in [5, 5.41) is 0. The van der Waals surface area contributed by atoms with Crippen molar-refractivity contribution in [3.05, 3.63) is 53.9 Å². The van der Waals surface area contributed by atoms with Crippen LogP contribution >= 0.6 is 0 Å². The van der Waals surface area contributed by atoms with E-state index in [0.717, 1.165) is 12.1 Å². The highest BCUT2D eigenvalue weighted by Crippen LogP contribution is 2.46. The number of rotatable bonds is 4. The van der Waals surface area contributed by atoms with E-state index in [2.05, 4.69) is 9.97 Å². The fourth-order valence-electron chi connectivity index (χ4n) is 4.17. The predicted molar refractivity (Wildman–Crippen MR) is 100 cm³/mol. The van der Waals surface area contributed by atoms with E-state index in [1.54, 1.807) is 25.1 Å². The molecule has 2 atom stereocenters. The topological polar surface area (TPSA) is 58.2 Å². The second kappa shape index (κ2) is 6.45. The highest BCUT2D eigenvalue weighted by Gasteiger charge is 2.49. The number of hydrogen-bond donors (Lipinski definition) is 1. The van der Waals surface area contributed by atoms with Gasteiger partial charge in [0.25, 0.3) is 5.92 Å². The van der Waals surface area contributed by atoms with E-state index in [-0.39, 0.29) is 17.2 Å². The number of H-pyrrole nitrogens is 1. The number of anilines is 1. The maximum Gasteiger partial charge on any atom is 0.255 e. The molecule has 1 saturated carbocycles. The van der Waals surface area contributed by atoms with Crippen LogP contribution in [0, 0.1) is 17.6 Å². The molecule has 2 fully saturated rings. The van der Waals surface area contributed by atoms with Gasteiger partial charge < -0.3 is 14.6 Å². The molecule has 1 amide bonds. The maximum absolute atomic E-state index is 14.9. The Balaban J connectivity index is 1.45. The van der Waals surface area contributed by atoms with Crippen LogP contribution < -0.4 is 9.64 Å². The van der Waals surface area contributed by atoms with E-state index in [9.17, 15) is 22.4 Å². The van der Waals surface area contributed by atoms with E-state index in [1.807, 2.05) is 0 Å². The fraction of sp³-hybridized carbons (Fsp3) is 0.333.